The van der Waals surface area contributed by atoms with Crippen LogP contribution in [0.2, 0.25) is 0 Å². The van der Waals surface area contributed by atoms with E-state index in [-0.39, 0.29) is 31.1 Å². The number of hydrogen-bond acceptors (Lipinski definition) is 6. The Bertz CT molecular complexity index is 796. The van der Waals surface area contributed by atoms with Crippen LogP contribution < -0.4 is 0 Å². The highest BCUT2D eigenvalue weighted by Gasteiger charge is 2.19. The van der Waals surface area contributed by atoms with Gasteiger partial charge in [0.05, 0.1) is 0 Å². The molecular formula is C46H88O6. The summed E-state index contributed by atoms with van der Waals surface area (Å²) in [5.41, 5.74) is 0. The zero-order valence-corrected chi connectivity index (χ0v) is 35.4. The molecule has 0 amide bonds. The predicted molar refractivity (Wildman–Crippen MR) is 220 cm³/mol. The molecule has 0 fully saturated rings. The van der Waals surface area contributed by atoms with Gasteiger partial charge in [0.2, 0.25) is 0 Å². The molecule has 52 heavy (non-hydrogen) atoms. The summed E-state index contributed by atoms with van der Waals surface area (Å²) in [7, 11) is 0. The third kappa shape index (κ3) is 38.1. The standard InChI is InChI=1S/C46H88O6/c1-6-8-9-10-11-12-13-14-15-16-17-20-26-31-36-44(47)50-39-43(52-46(49)38-33-28-21-18-19-24-29-34-41(3)4)40-51-45(48)37-32-27-23-22-25-30-35-42(5)7-2/h41-43H,6-40H2,1-5H3/t42?,43-/m0/s1. The summed E-state index contributed by atoms with van der Waals surface area (Å²) < 4.78 is 16.7. The lowest BCUT2D eigenvalue weighted by atomic mass is 10.00. The highest BCUT2D eigenvalue weighted by Crippen LogP contribution is 2.17. The molecule has 0 saturated heterocycles. The fraction of sp³-hybridized carbons (Fsp3) is 0.935. The summed E-state index contributed by atoms with van der Waals surface area (Å²) in [5, 5.41) is 0. The summed E-state index contributed by atoms with van der Waals surface area (Å²) in [6, 6.07) is 0. The van der Waals surface area contributed by atoms with Crippen molar-refractivity contribution in [2.24, 2.45) is 11.8 Å². The molecule has 308 valence electrons. The molecule has 0 rings (SSSR count). The third-order valence-electron chi connectivity index (χ3n) is 10.6. The fourth-order valence-electron chi connectivity index (χ4n) is 6.72. The Kier molecular flexibility index (Phi) is 37.9. The predicted octanol–water partition coefficient (Wildman–Crippen LogP) is 14.2. The molecule has 0 heterocycles. The quantitative estimate of drug-likeness (QED) is 0.0354. The maximum Gasteiger partial charge on any atom is 0.306 e. The van der Waals surface area contributed by atoms with Crippen molar-refractivity contribution in [1.29, 1.82) is 0 Å². The average molecular weight is 737 g/mol. The van der Waals surface area contributed by atoms with Crippen molar-refractivity contribution in [3.8, 4) is 0 Å². The second-order valence-electron chi connectivity index (χ2n) is 16.4. The molecule has 0 aromatic carbocycles. The Balaban J connectivity index is 4.32. The van der Waals surface area contributed by atoms with E-state index >= 15 is 0 Å². The van der Waals surface area contributed by atoms with Crippen molar-refractivity contribution >= 4 is 17.9 Å². The summed E-state index contributed by atoms with van der Waals surface area (Å²) in [6.45, 7) is 11.3. The van der Waals surface area contributed by atoms with E-state index in [1.807, 2.05) is 0 Å². The van der Waals surface area contributed by atoms with E-state index in [1.54, 1.807) is 0 Å². The minimum atomic E-state index is -0.761. The van der Waals surface area contributed by atoms with Crippen LogP contribution in [-0.4, -0.2) is 37.2 Å². The lowest BCUT2D eigenvalue weighted by Crippen LogP contribution is -2.30. The number of ether oxygens (including phenoxy) is 3. The Morgan fingerprint density at radius 2 is 0.731 bits per heavy atom. The number of rotatable bonds is 40. The van der Waals surface area contributed by atoms with Gasteiger partial charge in [-0.25, -0.2) is 0 Å². The van der Waals surface area contributed by atoms with Crippen LogP contribution in [0.25, 0.3) is 0 Å². The van der Waals surface area contributed by atoms with Crippen molar-refractivity contribution in [3.05, 3.63) is 0 Å². The van der Waals surface area contributed by atoms with Gasteiger partial charge in [0.15, 0.2) is 6.10 Å². The second kappa shape index (κ2) is 39.1. The van der Waals surface area contributed by atoms with Crippen molar-refractivity contribution in [2.45, 2.75) is 253 Å². The fourth-order valence-corrected chi connectivity index (χ4v) is 6.72. The normalized spacial score (nSPS) is 12.6. The van der Waals surface area contributed by atoms with Crippen LogP contribution in [-0.2, 0) is 28.6 Å². The minimum Gasteiger partial charge on any atom is -0.462 e. The van der Waals surface area contributed by atoms with E-state index in [0.29, 0.717) is 19.3 Å². The topological polar surface area (TPSA) is 78.9 Å². The number of carbonyl (C=O) groups is 3. The molecule has 6 nitrogen and oxygen atoms in total. The van der Waals surface area contributed by atoms with Crippen LogP contribution in [0.4, 0.5) is 0 Å². The van der Waals surface area contributed by atoms with Gasteiger partial charge in [-0.3, -0.25) is 14.4 Å². The molecule has 2 atom stereocenters. The first-order valence-corrected chi connectivity index (χ1v) is 22.8. The Labute approximate surface area is 323 Å². The number of hydrogen-bond donors (Lipinski definition) is 0. The first-order valence-electron chi connectivity index (χ1n) is 22.8. The van der Waals surface area contributed by atoms with Gasteiger partial charge in [0, 0.05) is 19.3 Å². The number of carbonyl (C=O) groups excluding carboxylic acids is 3. The maximum absolute atomic E-state index is 12.7. The lowest BCUT2D eigenvalue weighted by Gasteiger charge is -2.18. The smallest absolute Gasteiger partial charge is 0.306 e. The van der Waals surface area contributed by atoms with E-state index in [2.05, 4.69) is 34.6 Å². The van der Waals surface area contributed by atoms with Crippen LogP contribution in [0.15, 0.2) is 0 Å². The molecule has 0 spiro atoms. The van der Waals surface area contributed by atoms with Gasteiger partial charge in [0.1, 0.15) is 13.2 Å². The molecular weight excluding hydrogens is 648 g/mol. The Hall–Kier alpha value is -1.59. The average Bonchev–Trinajstić information content (AvgIpc) is 3.12. The summed E-state index contributed by atoms with van der Waals surface area (Å²) in [4.78, 5) is 37.7. The van der Waals surface area contributed by atoms with E-state index in [1.165, 1.54) is 135 Å². The third-order valence-corrected chi connectivity index (χ3v) is 10.6. The lowest BCUT2D eigenvalue weighted by molar-refractivity contribution is -0.167. The molecule has 0 aromatic heterocycles. The summed E-state index contributed by atoms with van der Waals surface area (Å²) >= 11 is 0. The molecule has 0 bridgehead atoms. The molecule has 0 N–H and O–H groups in total. The molecule has 0 aliphatic carbocycles. The van der Waals surface area contributed by atoms with Crippen molar-refractivity contribution in [1.82, 2.24) is 0 Å². The molecule has 0 radical (unpaired) electrons. The summed E-state index contributed by atoms with van der Waals surface area (Å²) in [6.07, 6.45) is 36.7. The molecule has 0 aromatic rings. The molecule has 0 aliphatic rings. The highest BCUT2D eigenvalue weighted by atomic mass is 16.6. The molecule has 0 aliphatic heterocycles. The van der Waals surface area contributed by atoms with E-state index in [0.717, 1.165) is 69.6 Å². The number of esters is 3. The molecule has 1 unspecified atom stereocenters. The van der Waals surface area contributed by atoms with E-state index < -0.39 is 6.10 Å². The Morgan fingerprint density at radius 1 is 0.404 bits per heavy atom. The van der Waals surface area contributed by atoms with Crippen molar-refractivity contribution in [3.63, 3.8) is 0 Å². The van der Waals surface area contributed by atoms with Gasteiger partial charge in [-0.15, -0.1) is 0 Å². The van der Waals surface area contributed by atoms with Crippen LogP contribution >= 0.6 is 0 Å². The van der Waals surface area contributed by atoms with Crippen molar-refractivity contribution in [2.75, 3.05) is 13.2 Å². The van der Waals surface area contributed by atoms with E-state index in [9.17, 15) is 14.4 Å². The molecule has 6 heteroatoms. The zero-order valence-electron chi connectivity index (χ0n) is 35.4. The summed E-state index contributed by atoms with van der Waals surface area (Å²) in [5.74, 6) is 0.729. The largest absolute Gasteiger partial charge is 0.462 e. The first kappa shape index (κ1) is 50.4. The van der Waals surface area contributed by atoms with Gasteiger partial charge in [-0.1, -0.05) is 208 Å². The van der Waals surface area contributed by atoms with Crippen LogP contribution in [0.1, 0.15) is 247 Å². The maximum atomic E-state index is 12.7. The monoisotopic (exact) mass is 737 g/mol. The zero-order chi connectivity index (χ0) is 38.3. The molecule has 0 saturated carbocycles. The van der Waals surface area contributed by atoms with E-state index in [4.69, 9.17) is 14.2 Å². The van der Waals surface area contributed by atoms with Crippen LogP contribution in [0.5, 0.6) is 0 Å². The Morgan fingerprint density at radius 3 is 1.10 bits per heavy atom. The highest BCUT2D eigenvalue weighted by molar-refractivity contribution is 5.71. The number of unbranched alkanes of at least 4 members (excludes halogenated alkanes) is 24. The second-order valence-corrected chi connectivity index (χ2v) is 16.4. The first-order chi connectivity index (χ1) is 25.3. The van der Waals surface area contributed by atoms with Crippen LogP contribution in [0.3, 0.4) is 0 Å². The van der Waals surface area contributed by atoms with Gasteiger partial charge in [-0.2, -0.15) is 0 Å². The van der Waals surface area contributed by atoms with Gasteiger partial charge >= 0.3 is 17.9 Å². The van der Waals surface area contributed by atoms with Gasteiger partial charge in [0.25, 0.3) is 0 Å². The minimum absolute atomic E-state index is 0.0660. The van der Waals surface area contributed by atoms with Gasteiger partial charge < -0.3 is 14.2 Å². The van der Waals surface area contributed by atoms with Gasteiger partial charge in [-0.05, 0) is 31.1 Å². The van der Waals surface area contributed by atoms with Crippen LogP contribution in [0, 0.1) is 11.8 Å². The van der Waals surface area contributed by atoms with Crippen molar-refractivity contribution < 1.29 is 28.6 Å². The SMILES string of the molecule is CCCCCCCCCCCCCCCCC(=O)OC[C@@H](COC(=O)CCCCCCCCC(C)CC)OC(=O)CCCCCCCCCC(C)C.